The van der Waals surface area contributed by atoms with Gasteiger partial charge in [0, 0.05) is 54.2 Å². The summed E-state index contributed by atoms with van der Waals surface area (Å²) in [5.41, 5.74) is 3.99. The van der Waals surface area contributed by atoms with Crippen molar-refractivity contribution >= 4 is 22.5 Å². The number of aromatic nitrogens is 1. The summed E-state index contributed by atoms with van der Waals surface area (Å²) in [4.78, 5) is 23.9. The summed E-state index contributed by atoms with van der Waals surface area (Å²) < 4.78 is 2.11. The smallest absolute Gasteiger partial charge is 0.270 e. The molecule has 1 atom stereocenters. The van der Waals surface area contributed by atoms with E-state index in [-0.39, 0.29) is 34.9 Å². The van der Waals surface area contributed by atoms with Crippen molar-refractivity contribution in [3.63, 3.8) is 0 Å². The average Bonchev–Trinajstić information content (AvgIpc) is 3.15. The summed E-state index contributed by atoms with van der Waals surface area (Å²) in [6.45, 7) is 4.50. The second-order valence-corrected chi connectivity index (χ2v) is 8.55. The number of nitro benzene ring substituents is 1. The first-order chi connectivity index (χ1) is 15.9. The van der Waals surface area contributed by atoms with Crippen LogP contribution in [0.3, 0.4) is 0 Å². The van der Waals surface area contributed by atoms with Gasteiger partial charge in [0.15, 0.2) is 0 Å². The lowest BCUT2D eigenvalue weighted by molar-refractivity contribution is -0.384. The zero-order chi connectivity index (χ0) is 23.4. The lowest BCUT2D eigenvalue weighted by Crippen LogP contribution is -2.31. The van der Waals surface area contributed by atoms with Crippen molar-refractivity contribution in [3.8, 4) is 0 Å². The van der Waals surface area contributed by atoms with Crippen LogP contribution in [0.15, 0.2) is 85.1 Å². The van der Waals surface area contributed by atoms with Gasteiger partial charge in [0.1, 0.15) is 0 Å². The maximum Gasteiger partial charge on any atom is 0.270 e. The van der Waals surface area contributed by atoms with Crippen LogP contribution in [0, 0.1) is 10.1 Å². The molecule has 4 rings (SSSR count). The van der Waals surface area contributed by atoms with Crippen LogP contribution in [-0.2, 0) is 11.3 Å². The second kappa shape index (κ2) is 9.69. The van der Waals surface area contributed by atoms with Crippen LogP contribution < -0.4 is 5.32 Å². The molecule has 1 heterocycles. The number of carbonyl (C=O) groups is 1. The minimum atomic E-state index is -0.374. The predicted octanol–water partition coefficient (Wildman–Crippen LogP) is 5.64. The highest BCUT2D eigenvalue weighted by molar-refractivity contribution is 5.88. The number of nitrogens with zero attached hydrogens (tertiary/aromatic N) is 2. The number of nitro groups is 1. The zero-order valence-electron chi connectivity index (χ0n) is 18.8. The lowest BCUT2D eigenvalue weighted by atomic mass is 9.88. The van der Waals surface area contributed by atoms with Crippen LogP contribution in [0.25, 0.3) is 10.9 Å². The Labute approximate surface area is 193 Å². The lowest BCUT2D eigenvalue weighted by Gasteiger charge is -2.18. The van der Waals surface area contributed by atoms with E-state index >= 15 is 0 Å². The Morgan fingerprint density at radius 1 is 1.00 bits per heavy atom. The fourth-order valence-corrected chi connectivity index (χ4v) is 4.27. The molecule has 168 valence electrons. The fraction of sp³-hybridized carbons (Fsp3) is 0.222. The molecule has 0 fully saturated rings. The van der Waals surface area contributed by atoms with Gasteiger partial charge in [-0.05, 0) is 36.6 Å². The first kappa shape index (κ1) is 22.3. The van der Waals surface area contributed by atoms with E-state index in [0.717, 1.165) is 27.6 Å². The monoisotopic (exact) mass is 441 g/mol. The third kappa shape index (κ3) is 5.12. The van der Waals surface area contributed by atoms with Gasteiger partial charge < -0.3 is 9.88 Å². The molecule has 0 saturated carbocycles. The minimum Gasteiger partial charge on any atom is -0.354 e. The standard InChI is InChI=1S/C27H27N3O3/c1-19(2)28-27(31)16-23(21-11-7-4-8-12-21)25-18-29(17-20-9-5-3-6-10-20)26-14-13-22(30(32)33)15-24(25)26/h3-15,18-19,23H,16-17H2,1-2H3,(H,28,31)/t23-/m1/s1. The molecule has 0 bridgehead atoms. The normalized spacial score (nSPS) is 12.1. The average molecular weight is 442 g/mol. The number of rotatable bonds is 8. The highest BCUT2D eigenvalue weighted by Crippen LogP contribution is 2.36. The zero-order valence-corrected chi connectivity index (χ0v) is 18.8. The van der Waals surface area contributed by atoms with E-state index in [2.05, 4.69) is 22.0 Å². The predicted molar refractivity (Wildman–Crippen MR) is 130 cm³/mol. The second-order valence-electron chi connectivity index (χ2n) is 8.55. The number of hydrogen-bond acceptors (Lipinski definition) is 3. The molecule has 0 saturated heterocycles. The molecular weight excluding hydrogens is 414 g/mol. The van der Waals surface area contributed by atoms with Crippen LogP contribution >= 0.6 is 0 Å². The SMILES string of the molecule is CC(C)NC(=O)C[C@H](c1ccccc1)c1cn(Cc2ccccc2)c2ccc([N+](=O)[O-])cc12. The van der Waals surface area contributed by atoms with E-state index in [1.165, 1.54) is 6.07 Å². The third-order valence-electron chi connectivity index (χ3n) is 5.72. The van der Waals surface area contributed by atoms with Crippen LogP contribution in [0.4, 0.5) is 5.69 Å². The quantitative estimate of drug-likeness (QED) is 0.284. The van der Waals surface area contributed by atoms with Gasteiger partial charge in [-0.3, -0.25) is 14.9 Å². The van der Waals surface area contributed by atoms with Gasteiger partial charge >= 0.3 is 0 Å². The summed E-state index contributed by atoms with van der Waals surface area (Å²) in [5, 5.41) is 15.3. The molecule has 1 N–H and O–H groups in total. The minimum absolute atomic E-state index is 0.0365. The largest absolute Gasteiger partial charge is 0.354 e. The number of nitrogens with one attached hydrogen (secondary N) is 1. The van der Waals surface area contributed by atoms with Crippen molar-refractivity contribution in [2.24, 2.45) is 0 Å². The fourth-order valence-electron chi connectivity index (χ4n) is 4.27. The molecule has 1 amide bonds. The summed E-state index contributed by atoms with van der Waals surface area (Å²) in [6, 6.07) is 24.9. The Hall–Kier alpha value is -3.93. The van der Waals surface area contributed by atoms with Gasteiger partial charge in [-0.2, -0.15) is 0 Å². The molecule has 0 aliphatic rings. The van der Waals surface area contributed by atoms with Crippen LogP contribution in [0.1, 0.15) is 42.9 Å². The topological polar surface area (TPSA) is 77.2 Å². The molecule has 0 radical (unpaired) electrons. The number of benzene rings is 3. The van der Waals surface area contributed by atoms with Crippen molar-refractivity contribution in [3.05, 3.63) is 112 Å². The molecule has 4 aromatic rings. The molecule has 0 aliphatic heterocycles. The van der Waals surface area contributed by atoms with Crippen molar-refractivity contribution in [2.75, 3.05) is 0 Å². The number of amides is 1. The highest BCUT2D eigenvalue weighted by Gasteiger charge is 2.24. The summed E-state index contributed by atoms with van der Waals surface area (Å²) in [7, 11) is 0. The van der Waals surface area contributed by atoms with Crippen LogP contribution in [-0.4, -0.2) is 21.4 Å². The molecule has 0 aliphatic carbocycles. The molecule has 0 unspecified atom stereocenters. The Kier molecular flexibility index (Phi) is 6.54. The molecule has 3 aromatic carbocycles. The van der Waals surface area contributed by atoms with Crippen molar-refractivity contribution in [1.82, 2.24) is 9.88 Å². The van der Waals surface area contributed by atoms with Gasteiger partial charge in [0.25, 0.3) is 5.69 Å². The van der Waals surface area contributed by atoms with E-state index in [1.54, 1.807) is 12.1 Å². The Morgan fingerprint density at radius 2 is 1.67 bits per heavy atom. The maximum absolute atomic E-state index is 12.8. The van der Waals surface area contributed by atoms with Crippen molar-refractivity contribution < 1.29 is 9.72 Å². The van der Waals surface area contributed by atoms with Gasteiger partial charge in [0.05, 0.1) is 4.92 Å². The van der Waals surface area contributed by atoms with Crippen LogP contribution in [0.5, 0.6) is 0 Å². The molecule has 0 spiro atoms. The number of carbonyl (C=O) groups excluding carboxylic acids is 1. The summed E-state index contributed by atoms with van der Waals surface area (Å²) in [6.07, 6.45) is 2.30. The number of non-ortho nitro benzene ring substituents is 1. The first-order valence-electron chi connectivity index (χ1n) is 11.1. The number of hydrogen-bond donors (Lipinski definition) is 1. The van der Waals surface area contributed by atoms with Gasteiger partial charge in [-0.1, -0.05) is 60.7 Å². The molecular formula is C27H27N3O3. The highest BCUT2D eigenvalue weighted by atomic mass is 16.6. The first-order valence-corrected chi connectivity index (χ1v) is 11.1. The Balaban J connectivity index is 1.86. The van der Waals surface area contributed by atoms with E-state index in [1.807, 2.05) is 68.6 Å². The maximum atomic E-state index is 12.8. The van der Waals surface area contributed by atoms with E-state index in [4.69, 9.17) is 0 Å². The van der Waals surface area contributed by atoms with Gasteiger partial charge in [-0.15, -0.1) is 0 Å². The third-order valence-corrected chi connectivity index (χ3v) is 5.72. The molecule has 33 heavy (non-hydrogen) atoms. The van der Waals surface area contributed by atoms with E-state index in [0.29, 0.717) is 6.54 Å². The Bertz CT molecular complexity index is 1260. The van der Waals surface area contributed by atoms with E-state index < -0.39 is 0 Å². The Morgan fingerprint density at radius 3 is 2.30 bits per heavy atom. The van der Waals surface area contributed by atoms with Crippen molar-refractivity contribution in [1.29, 1.82) is 0 Å². The van der Waals surface area contributed by atoms with Gasteiger partial charge in [-0.25, -0.2) is 0 Å². The van der Waals surface area contributed by atoms with Crippen LogP contribution in [0.2, 0.25) is 0 Å². The molecule has 1 aromatic heterocycles. The summed E-state index contributed by atoms with van der Waals surface area (Å²) >= 11 is 0. The molecule has 6 nitrogen and oxygen atoms in total. The molecule has 6 heteroatoms. The van der Waals surface area contributed by atoms with Crippen molar-refractivity contribution in [2.45, 2.75) is 38.8 Å². The van der Waals surface area contributed by atoms with E-state index in [9.17, 15) is 14.9 Å². The number of fused-ring (bicyclic) bond motifs is 1. The summed E-state index contributed by atoms with van der Waals surface area (Å²) in [5.74, 6) is -0.278. The van der Waals surface area contributed by atoms with Gasteiger partial charge in [0.2, 0.25) is 5.91 Å².